The van der Waals surface area contributed by atoms with Crippen molar-refractivity contribution < 1.29 is 18.0 Å². The highest BCUT2D eigenvalue weighted by Crippen LogP contribution is 2.37. The lowest BCUT2D eigenvalue weighted by Gasteiger charge is -2.22. The van der Waals surface area contributed by atoms with E-state index in [2.05, 4.69) is 41.9 Å². The van der Waals surface area contributed by atoms with E-state index < -0.39 is 10.0 Å². The topological polar surface area (TPSA) is 108 Å². The molecule has 0 radical (unpaired) electrons. The molecule has 202 valence electrons. The number of amides is 1. The molecule has 3 N–H and O–H groups in total. The number of carbonyl (C=O) groups is 2. The minimum Gasteiger partial charge on any atom is -0.385 e. The molecule has 2 aromatic rings. The van der Waals surface area contributed by atoms with Crippen molar-refractivity contribution in [3.8, 4) is 0 Å². The predicted molar refractivity (Wildman–Crippen MR) is 150 cm³/mol. The smallest absolute Gasteiger partial charge is 0.251 e. The van der Waals surface area contributed by atoms with Crippen LogP contribution in [0.1, 0.15) is 48.5 Å². The van der Waals surface area contributed by atoms with E-state index in [-0.39, 0.29) is 17.7 Å². The molecule has 2 fully saturated rings. The van der Waals surface area contributed by atoms with Crippen LogP contribution >= 0.6 is 0 Å². The standard InChI is InChI=1S/C21H32N4O4S.C7H8/c1-14-8-16(14)13-24-18-9-15(10-19(11-18)25(2)30(3,28)29)21(27)23-6-4-17-12-20(26)5-7-22-17;1-7-5-3-2-4-6-7/h9-11,14,16-17,22,24H,4-8,12-13H2,1-3H3,(H,23,27);2-6H,1H3/t14?,16?,17-;/m0./s1. The predicted octanol–water partition coefficient (Wildman–Crippen LogP) is 3.59. The van der Waals surface area contributed by atoms with Crippen LogP contribution in [0, 0.1) is 18.8 Å². The summed E-state index contributed by atoms with van der Waals surface area (Å²) in [7, 11) is -1.97. The fourth-order valence-electron chi connectivity index (χ4n) is 4.22. The van der Waals surface area contributed by atoms with E-state index in [1.54, 1.807) is 18.2 Å². The maximum atomic E-state index is 12.7. The average Bonchev–Trinajstić information content (AvgIpc) is 3.57. The van der Waals surface area contributed by atoms with E-state index >= 15 is 0 Å². The van der Waals surface area contributed by atoms with Gasteiger partial charge in [0, 0.05) is 56.8 Å². The van der Waals surface area contributed by atoms with Gasteiger partial charge in [0.25, 0.3) is 5.91 Å². The molecule has 1 amide bonds. The zero-order valence-corrected chi connectivity index (χ0v) is 23.1. The van der Waals surface area contributed by atoms with E-state index in [1.807, 2.05) is 18.2 Å². The molecule has 1 saturated heterocycles. The Morgan fingerprint density at radius 2 is 1.86 bits per heavy atom. The second-order valence-corrected chi connectivity index (χ2v) is 12.2. The molecule has 9 heteroatoms. The molecule has 1 aliphatic carbocycles. The molecular formula is C28H40N4O4S. The van der Waals surface area contributed by atoms with Crippen molar-refractivity contribution >= 4 is 33.1 Å². The van der Waals surface area contributed by atoms with Crippen LogP contribution in [0.25, 0.3) is 0 Å². The Morgan fingerprint density at radius 1 is 1.16 bits per heavy atom. The summed E-state index contributed by atoms with van der Waals surface area (Å²) >= 11 is 0. The van der Waals surface area contributed by atoms with E-state index in [1.165, 1.54) is 23.3 Å². The van der Waals surface area contributed by atoms with Crippen LogP contribution in [0.2, 0.25) is 0 Å². The average molecular weight is 529 g/mol. The van der Waals surface area contributed by atoms with Crippen molar-refractivity contribution in [2.24, 2.45) is 11.8 Å². The number of hydrogen-bond donors (Lipinski definition) is 3. The summed E-state index contributed by atoms with van der Waals surface area (Å²) in [5.74, 6) is 1.30. The Bertz CT molecular complexity index is 1170. The van der Waals surface area contributed by atoms with Crippen LogP contribution < -0.4 is 20.3 Å². The van der Waals surface area contributed by atoms with E-state index in [4.69, 9.17) is 0 Å². The maximum absolute atomic E-state index is 12.7. The largest absolute Gasteiger partial charge is 0.385 e. The molecule has 0 spiro atoms. The fourth-order valence-corrected chi connectivity index (χ4v) is 4.70. The maximum Gasteiger partial charge on any atom is 0.251 e. The molecule has 2 aromatic carbocycles. The number of Topliss-reactive ketones (excluding diaryl/α,β-unsaturated/α-hetero) is 1. The molecule has 2 unspecified atom stereocenters. The Labute approximate surface area is 221 Å². The van der Waals surface area contributed by atoms with Crippen LogP contribution in [0.5, 0.6) is 0 Å². The number of benzene rings is 2. The SMILES string of the molecule is CC1CC1CNc1cc(C(=O)NCC[C@H]2CC(=O)CCN2)cc(N(C)S(C)(=O)=O)c1.Cc1ccccc1. The Kier molecular flexibility index (Phi) is 10.1. The quantitative estimate of drug-likeness (QED) is 0.459. The highest BCUT2D eigenvalue weighted by Gasteiger charge is 2.32. The summed E-state index contributed by atoms with van der Waals surface area (Å²) < 4.78 is 25.1. The van der Waals surface area contributed by atoms with Gasteiger partial charge in [0.05, 0.1) is 11.9 Å². The second kappa shape index (κ2) is 13.1. The molecule has 37 heavy (non-hydrogen) atoms. The number of hydrogen-bond acceptors (Lipinski definition) is 6. The number of ketones is 1. The molecule has 0 bridgehead atoms. The number of rotatable bonds is 9. The minimum atomic E-state index is -3.45. The van der Waals surface area contributed by atoms with Crippen LogP contribution in [-0.2, 0) is 14.8 Å². The van der Waals surface area contributed by atoms with Crippen LogP contribution in [0.4, 0.5) is 11.4 Å². The summed E-state index contributed by atoms with van der Waals surface area (Å²) in [5, 5.41) is 9.53. The number of sulfonamides is 1. The molecule has 3 atom stereocenters. The third kappa shape index (κ3) is 9.48. The lowest BCUT2D eigenvalue weighted by molar-refractivity contribution is -0.120. The molecule has 1 aliphatic heterocycles. The van der Waals surface area contributed by atoms with Crippen molar-refractivity contribution in [3.05, 3.63) is 59.7 Å². The highest BCUT2D eigenvalue weighted by molar-refractivity contribution is 7.92. The monoisotopic (exact) mass is 528 g/mol. The summed E-state index contributed by atoms with van der Waals surface area (Å²) in [6.45, 7) is 6.22. The van der Waals surface area contributed by atoms with E-state index in [0.717, 1.165) is 18.5 Å². The lowest BCUT2D eigenvalue weighted by Crippen LogP contribution is -2.40. The minimum absolute atomic E-state index is 0.0898. The van der Waals surface area contributed by atoms with Gasteiger partial charge in [0.1, 0.15) is 5.78 Å². The van der Waals surface area contributed by atoms with E-state index in [0.29, 0.717) is 55.4 Å². The number of aryl methyl sites for hydroxylation is 1. The molecular weight excluding hydrogens is 488 g/mol. The Balaban J connectivity index is 0.000000468. The van der Waals surface area contributed by atoms with Gasteiger partial charge in [-0.05, 0) is 49.8 Å². The lowest BCUT2D eigenvalue weighted by atomic mass is 10.0. The number of nitrogens with zero attached hydrogens (tertiary/aromatic N) is 1. The van der Waals surface area contributed by atoms with Gasteiger partial charge in [-0.2, -0.15) is 0 Å². The first-order valence-corrected chi connectivity index (χ1v) is 14.8. The molecule has 8 nitrogen and oxygen atoms in total. The molecule has 0 aromatic heterocycles. The first-order valence-electron chi connectivity index (χ1n) is 12.9. The van der Waals surface area contributed by atoms with Crippen LogP contribution in [0.3, 0.4) is 0 Å². The van der Waals surface area contributed by atoms with Gasteiger partial charge in [0.2, 0.25) is 10.0 Å². The number of carbonyl (C=O) groups excluding carboxylic acids is 2. The summed E-state index contributed by atoms with van der Waals surface area (Å²) in [6, 6.07) is 15.4. The summed E-state index contributed by atoms with van der Waals surface area (Å²) in [4.78, 5) is 24.3. The van der Waals surface area contributed by atoms with Crippen molar-refractivity contribution in [1.82, 2.24) is 10.6 Å². The highest BCUT2D eigenvalue weighted by atomic mass is 32.2. The van der Waals surface area contributed by atoms with Gasteiger partial charge in [0.15, 0.2) is 0 Å². The molecule has 1 saturated carbocycles. The van der Waals surface area contributed by atoms with Gasteiger partial charge in [-0.3, -0.25) is 13.9 Å². The van der Waals surface area contributed by atoms with Crippen molar-refractivity contribution in [3.63, 3.8) is 0 Å². The van der Waals surface area contributed by atoms with Gasteiger partial charge < -0.3 is 16.0 Å². The van der Waals surface area contributed by atoms with Crippen molar-refractivity contribution in [1.29, 1.82) is 0 Å². The third-order valence-corrected chi connectivity index (χ3v) is 8.12. The zero-order valence-electron chi connectivity index (χ0n) is 22.3. The molecule has 1 heterocycles. The van der Waals surface area contributed by atoms with Gasteiger partial charge >= 0.3 is 0 Å². The zero-order chi connectivity index (χ0) is 27.0. The normalized spacial score (nSPS) is 20.9. The Morgan fingerprint density at radius 3 is 2.43 bits per heavy atom. The number of anilines is 2. The van der Waals surface area contributed by atoms with Crippen LogP contribution in [0.15, 0.2) is 48.5 Å². The third-order valence-electron chi connectivity index (χ3n) is 6.92. The second-order valence-electron chi connectivity index (χ2n) is 10.2. The van der Waals surface area contributed by atoms with Gasteiger partial charge in [-0.25, -0.2) is 8.42 Å². The van der Waals surface area contributed by atoms with Crippen LogP contribution in [-0.4, -0.2) is 59.1 Å². The Hall–Kier alpha value is -2.91. The van der Waals surface area contributed by atoms with Crippen molar-refractivity contribution in [2.45, 2.75) is 45.6 Å². The van der Waals surface area contributed by atoms with Gasteiger partial charge in [-0.1, -0.05) is 42.8 Å². The van der Waals surface area contributed by atoms with Gasteiger partial charge in [-0.15, -0.1) is 0 Å². The molecule has 4 rings (SSSR count). The van der Waals surface area contributed by atoms with Crippen molar-refractivity contribution in [2.75, 3.05) is 42.6 Å². The number of piperidine rings is 1. The summed E-state index contributed by atoms with van der Waals surface area (Å²) in [5.41, 5.74) is 2.90. The number of nitrogens with one attached hydrogen (secondary N) is 3. The molecule has 2 aliphatic rings. The first kappa shape index (κ1) is 28.7. The van der Waals surface area contributed by atoms with E-state index in [9.17, 15) is 18.0 Å². The first-order chi connectivity index (χ1) is 17.5. The summed E-state index contributed by atoms with van der Waals surface area (Å²) in [6.07, 6.45) is 4.06. The fraction of sp³-hybridized carbons (Fsp3) is 0.500.